The molecular formula is C18H15BrFN3O2S. The fraction of sp³-hybridized carbons (Fsp3) is 0.222. The average molecular weight is 436 g/mol. The van der Waals surface area contributed by atoms with Gasteiger partial charge in [0.15, 0.2) is 5.13 Å². The quantitative estimate of drug-likeness (QED) is 0.666. The van der Waals surface area contributed by atoms with Crippen molar-refractivity contribution < 1.29 is 13.9 Å². The number of halogens is 2. The minimum Gasteiger partial charge on any atom is -0.378 e. The van der Waals surface area contributed by atoms with Crippen molar-refractivity contribution >= 4 is 54.2 Å². The van der Waals surface area contributed by atoms with Gasteiger partial charge in [-0.05, 0) is 36.4 Å². The molecule has 1 aliphatic heterocycles. The Balaban J connectivity index is 1.57. The van der Waals surface area contributed by atoms with Crippen LogP contribution in [-0.4, -0.2) is 37.2 Å². The number of ether oxygens (including phenoxy) is 1. The van der Waals surface area contributed by atoms with Crippen molar-refractivity contribution in [2.75, 3.05) is 36.5 Å². The lowest BCUT2D eigenvalue weighted by Crippen LogP contribution is -2.36. The molecule has 4 rings (SSSR count). The third kappa shape index (κ3) is 3.58. The number of carbonyl (C=O) groups is 1. The van der Waals surface area contributed by atoms with E-state index < -0.39 is 5.82 Å². The molecule has 0 atom stereocenters. The van der Waals surface area contributed by atoms with Crippen LogP contribution in [0.1, 0.15) is 10.4 Å². The normalized spacial score (nSPS) is 14.6. The molecule has 0 unspecified atom stereocenters. The van der Waals surface area contributed by atoms with Crippen molar-refractivity contribution in [2.24, 2.45) is 0 Å². The highest BCUT2D eigenvalue weighted by Crippen LogP contribution is 2.30. The number of carbonyl (C=O) groups excluding carboxylic acids is 1. The maximum absolute atomic E-state index is 13.9. The molecule has 1 aromatic heterocycles. The number of anilines is 2. The van der Waals surface area contributed by atoms with Crippen LogP contribution in [-0.2, 0) is 4.74 Å². The molecule has 8 heteroatoms. The number of amides is 1. The maximum Gasteiger partial charge on any atom is 0.255 e. The molecule has 5 nitrogen and oxygen atoms in total. The summed E-state index contributed by atoms with van der Waals surface area (Å²) in [6, 6.07) is 9.85. The highest BCUT2D eigenvalue weighted by atomic mass is 79.9. The van der Waals surface area contributed by atoms with Crippen LogP contribution in [0, 0.1) is 5.82 Å². The zero-order valence-corrected chi connectivity index (χ0v) is 16.1. The van der Waals surface area contributed by atoms with Crippen LogP contribution in [0.25, 0.3) is 10.2 Å². The molecule has 1 aliphatic rings. The molecule has 0 aliphatic carbocycles. The van der Waals surface area contributed by atoms with E-state index in [1.165, 1.54) is 12.1 Å². The summed E-state index contributed by atoms with van der Waals surface area (Å²) < 4.78 is 20.8. The number of morpholine rings is 1. The van der Waals surface area contributed by atoms with Gasteiger partial charge in [0.1, 0.15) is 5.82 Å². The Morgan fingerprint density at radius 3 is 2.81 bits per heavy atom. The molecule has 0 spiro atoms. The van der Waals surface area contributed by atoms with E-state index in [0.29, 0.717) is 23.2 Å². The van der Waals surface area contributed by atoms with Crippen LogP contribution < -0.4 is 10.2 Å². The van der Waals surface area contributed by atoms with Crippen LogP contribution in [0.15, 0.2) is 40.9 Å². The number of hydrogen-bond donors (Lipinski definition) is 1. The number of fused-ring (bicyclic) bond motifs is 1. The third-order valence-electron chi connectivity index (χ3n) is 4.10. The lowest BCUT2D eigenvalue weighted by Gasteiger charge is -2.25. The number of aromatic nitrogens is 1. The van der Waals surface area contributed by atoms with Gasteiger partial charge >= 0.3 is 0 Å². The van der Waals surface area contributed by atoms with E-state index in [4.69, 9.17) is 4.74 Å². The summed E-state index contributed by atoms with van der Waals surface area (Å²) in [4.78, 5) is 19.3. The fourth-order valence-electron chi connectivity index (χ4n) is 2.73. The van der Waals surface area contributed by atoms with Crippen molar-refractivity contribution in [2.45, 2.75) is 0 Å². The summed E-state index contributed by atoms with van der Waals surface area (Å²) in [6.45, 7) is 3.02. The van der Waals surface area contributed by atoms with Crippen LogP contribution in [0.5, 0.6) is 0 Å². The number of nitrogens with one attached hydrogen (secondary N) is 1. The first kappa shape index (κ1) is 17.4. The van der Waals surface area contributed by atoms with Crippen LogP contribution in [0.2, 0.25) is 0 Å². The second-order valence-electron chi connectivity index (χ2n) is 5.86. The first-order valence-corrected chi connectivity index (χ1v) is 9.71. The minimum absolute atomic E-state index is 0.150. The highest BCUT2D eigenvalue weighted by molar-refractivity contribution is 9.10. The topological polar surface area (TPSA) is 54.5 Å². The lowest BCUT2D eigenvalue weighted by atomic mass is 10.2. The summed E-state index contributed by atoms with van der Waals surface area (Å²) in [7, 11) is 0. The molecule has 3 aromatic rings. The molecule has 0 saturated carbocycles. The first-order chi connectivity index (χ1) is 12.6. The molecular weight excluding hydrogens is 421 g/mol. The smallest absolute Gasteiger partial charge is 0.255 e. The molecule has 1 saturated heterocycles. The van der Waals surface area contributed by atoms with E-state index >= 15 is 0 Å². The zero-order chi connectivity index (χ0) is 18.1. The number of hydrogen-bond acceptors (Lipinski definition) is 5. The molecule has 1 fully saturated rings. The summed E-state index contributed by atoms with van der Waals surface area (Å²) in [6.07, 6.45) is 0. The van der Waals surface area contributed by atoms with Crippen molar-refractivity contribution in [1.82, 2.24) is 4.98 Å². The number of benzene rings is 2. The fourth-order valence-corrected chi connectivity index (χ4v) is 4.12. The van der Waals surface area contributed by atoms with Gasteiger partial charge in [-0.25, -0.2) is 9.37 Å². The second kappa shape index (κ2) is 7.30. The Kier molecular flexibility index (Phi) is 4.88. The van der Waals surface area contributed by atoms with Gasteiger partial charge in [0, 0.05) is 23.1 Å². The van der Waals surface area contributed by atoms with Gasteiger partial charge in [0.2, 0.25) is 0 Å². The number of rotatable bonds is 3. The number of thiazole rings is 1. The van der Waals surface area contributed by atoms with E-state index in [1.807, 2.05) is 6.07 Å². The molecule has 0 radical (unpaired) electrons. The van der Waals surface area contributed by atoms with Gasteiger partial charge in [-0.3, -0.25) is 4.79 Å². The average Bonchev–Trinajstić information content (AvgIpc) is 3.08. The van der Waals surface area contributed by atoms with Crippen molar-refractivity contribution in [1.29, 1.82) is 0 Å². The van der Waals surface area contributed by atoms with E-state index in [0.717, 1.165) is 28.4 Å². The Labute approximate surface area is 161 Å². The Morgan fingerprint density at radius 1 is 1.23 bits per heavy atom. The highest BCUT2D eigenvalue weighted by Gasteiger charge is 2.17. The van der Waals surface area contributed by atoms with Crippen molar-refractivity contribution in [3.05, 3.63) is 52.3 Å². The van der Waals surface area contributed by atoms with Crippen LogP contribution in [0.3, 0.4) is 0 Å². The van der Waals surface area contributed by atoms with Gasteiger partial charge in [-0.1, -0.05) is 27.3 Å². The standard InChI is InChI=1S/C18H15BrFN3O2S/c19-12-2-4-14(13(20)10-12)21-17(24)11-1-3-15-16(9-11)26-18(22-15)23-5-7-25-8-6-23/h1-4,9-10H,5-8H2,(H,21,24). The van der Waals surface area contributed by atoms with E-state index in [9.17, 15) is 9.18 Å². The van der Waals surface area contributed by atoms with Gasteiger partial charge in [-0.2, -0.15) is 0 Å². The van der Waals surface area contributed by atoms with Gasteiger partial charge in [-0.15, -0.1) is 0 Å². The van der Waals surface area contributed by atoms with Gasteiger partial charge < -0.3 is 15.0 Å². The summed E-state index contributed by atoms with van der Waals surface area (Å²) in [5, 5.41) is 3.54. The predicted molar refractivity (Wildman–Crippen MR) is 105 cm³/mol. The summed E-state index contributed by atoms with van der Waals surface area (Å²) in [5.74, 6) is -0.837. The van der Waals surface area contributed by atoms with E-state index in [-0.39, 0.29) is 11.6 Å². The van der Waals surface area contributed by atoms with Crippen LogP contribution >= 0.6 is 27.3 Å². The molecule has 1 N–H and O–H groups in total. The second-order valence-corrected chi connectivity index (χ2v) is 7.78. The summed E-state index contributed by atoms with van der Waals surface area (Å²) >= 11 is 4.75. The molecule has 134 valence electrons. The molecule has 1 amide bonds. The van der Waals surface area contributed by atoms with Crippen LogP contribution in [0.4, 0.5) is 15.2 Å². The lowest BCUT2D eigenvalue weighted by molar-refractivity contribution is 0.102. The Morgan fingerprint density at radius 2 is 2.04 bits per heavy atom. The van der Waals surface area contributed by atoms with E-state index in [1.54, 1.807) is 29.5 Å². The monoisotopic (exact) mass is 435 g/mol. The largest absolute Gasteiger partial charge is 0.378 e. The molecule has 0 bridgehead atoms. The summed E-state index contributed by atoms with van der Waals surface area (Å²) in [5.41, 5.74) is 1.47. The Bertz CT molecular complexity index is 972. The first-order valence-electron chi connectivity index (χ1n) is 8.10. The zero-order valence-electron chi connectivity index (χ0n) is 13.7. The minimum atomic E-state index is -0.485. The SMILES string of the molecule is O=C(Nc1ccc(Br)cc1F)c1ccc2nc(N3CCOCC3)sc2c1. The molecule has 26 heavy (non-hydrogen) atoms. The number of nitrogens with zero attached hydrogens (tertiary/aromatic N) is 2. The van der Waals surface area contributed by atoms with Crippen molar-refractivity contribution in [3.63, 3.8) is 0 Å². The molecule has 2 heterocycles. The van der Waals surface area contributed by atoms with E-state index in [2.05, 4.69) is 31.1 Å². The third-order valence-corrected chi connectivity index (χ3v) is 5.67. The molecule has 2 aromatic carbocycles. The maximum atomic E-state index is 13.9. The Hall–Kier alpha value is -2.03. The van der Waals surface area contributed by atoms with Gasteiger partial charge in [0.05, 0.1) is 29.1 Å². The van der Waals surface area contributed by atoms with Gasteiger partial charge in [0.25, 0.3) is 5.91 Å². The van der Waals surface area contributed by atoms with Crippen molar-refractivity contribution in [3.8, 4) is 0 Å². The predicted octanol–water partition coefficient (Wildman–Crippen LogP) is 4.29.